The van der Waals surface area contributed by atoms with E-state index in [2.05, 4.69) is 0 Å². The number of ether oxygens (including phenoxy) is 1. The van der Waals surface area contributed by atoms with Crippen molar-refractivity contribution in [1.82, 2.24) is 4.90 Å². The van der Waals surface area contributed by atoms with Gasteiger partial charge < -0.3 is 9.64 Å². The summed E-state index contributed by atoms with van der Waals surface area (Å²) in [5.41, 5.74) is 0.682. The highest BCUT2D eigenvalue weighted by Gasteiger charge is 2.17. The third kappa shape index (κ3) is 2.49. The van der Waals surface area contributed by atoms with Crippen LogP contribution in [0.3, 0.4) is 0 Å². The molecule has 2 rings (SSSR count). The lowest BCUT2D eigenvalue weighted by atomic mass is 10.2. The molecular weight excluding hydrogens is 214 g/mol. The first-order chi connectivity index (χ1) is 7.27. The number of rotatable bonds is 1. The lowest BCUT2D eigenvalue weighted by Crippen LogP contribution is -2.40. The fraction of sp³-hybridized carbons (Fsp3) is 0.364. The Kier molecular flexibility index (Phi) is 3.23. The van der Waals surface area contributed by atoms with Crippen LogP contribution >= 0.6 is 11.6 Å². The Bertz CT molecular complexity index is 344. The van der Waals surface area contributed by atoms with Crippen LogP contribution in [-0.2, 0) is 4.74 Å². The van der Waals surface area contributed by atoms with Crippen molar-refractivity contribution < 1.29 is 9.53 Å². The summed E-state index contributed by atoms with van der Waals surface area (Å²) < 4.78 is 5.19. The molecule has 0 aliphatic carbocycles. The highest BCUT2D eigenvalue weighted by molar-refractivity contribution is 6.30. The van der Waals surface area contributed by atoms with Gasteiger partial charge in [-0.05, 0) is 24.3 Å². The highest BCUT2D eigenvalue weighted by atomic mass is 35.5. The molecule has 1 saturated heterocycles. The van der Waals surface area contributed by atoms with E-state index in [0.29, 0.717) is 36.9 Å². The molecule has 0 N–H and O–H groups in total. The van der Waals surface area contributed by atoms with Crippen LogP contribution in [0.1, 0.15) is 10.4 Å². The van der Waals surface area contributed by atoms with E-state index in [9.17, 15) is 4.79 Å². The molecule has 4 heteroatoms. The normalized spacial score (nSPS) is 16.5. The van der Waals surface area contributed by atoms with Crippen molar-refractivity contribution in [2.24, 2.45) is 0 Å². The van der Waals surface area contributed by atoms with Crippen molar-refractivity contribution in [1.29, 1.82) is 0 Å². The van der Waals surface area contributed by atoms with E-state index in [0.717, 1.165) is 0 Å². The van der Waals surface area contributed by atoms with Gasteiger partial charge in [0.15, 0.2) is 0 Å². The predicted molar refractivity (Wildman–Crippen MR) is 58.2 cm³/mol. The first-order valence-corrected chi connectivity index (χ1v) is 5.28. The number of carbonyl (C=O) groups is 1. The van der Waals surface area contributed by atoms with Crippen LogP contribution in [0.2, 0.25) is 5.02 Å². The lowest BCUT2D eigenvalue weighted by molar-refractivity contribution is 0.0303. The van der Waals surface area contributed by atoms with Gasteiger partial charge in [0, 0.05) is 23.7 Å². The molecule has 80 valence electrons. The molecule has 1 aliphatic heterocycles. The summed E-state index contributed by atoms with van der Waals surface area (Å²) in [6, 6.07) is 6.96. The average Bonchev–Trinajstić information content (AvgIpc) is 2.30. The van der Waals surface area contributed by atoms with Crippen LogP contribution in [0.15, 0.2) is 24.3 Å². The van der Waals surface area contributed by atoms with Crippen LogP contribution in [0.5, 0.6) is 0 Å². The fourth-order valence-electron chi connectivity index (χ4n) is 1.54. The Morgan fingerprint density at radius 1 is 1.20 bits per heavy atom. The molecule has 1 fully saturated rings. The Morgan fingerprint density at radius 2 is 1.80 bits per heavy atom. The molecule has 0 bridgehead atoms. The summed E-state index contributed by atoms with van der Waals surface area (Å²) >= 11 is 5.76. The van der Waals surface area contributed by atoms with Crippen molar-refractivity contribution in [2.75, 3.05) is 26.3 Å². The highest BCUT2D eigenvalue weighted by Crippen LogP contribution is 2.12. The van der Waals surface area contributed by atoms with Gasteiger partial charge in [-0.3, -0.25) is 4.79 Å². The van der Waals surface area contributed by atoms with Gasteiger partial charge in [-0.1, -0.05) is 11.6 Å². The monoisotopic (exact) mass is 225 g/mol. The fourth-order valence-corrected chi connectivity index (χ4v) is 1.67. The summed E-state index contributed by atoms with van der Waals surface area (Å²) in [5, 5.41) is 0.647. The van der Waals surface area contributed by atoms with Crippen molar-refractivity contribution in [3.05, 3.63) is 34.9 Å². The maximum Gasteiger partial charge on any atom is 0.254 e. The zero-order valence-electron chi connectivity index (χ0n) is 8.28. The van der Waals surface area contributed by atoms with Crippen LogP contribution in [-0.4, -0.2) is 37.1 Å². The molecule has 1 heterocycles. The summed E-state index contributed by atoms with van der Waals surface area (Å²) in [6.45, 7) is 2.58. The second kappa shape index (κ2) is 4.64. The first kappa shape index (κ1) is 10.5. The van der Waals surface area contributed by atoms with Crippen molar-refractivity contribution in [2.45, 2.75) is 0 Å². The summed E-state index contributed by atoms with van der Waals surface area (Å²) in [4.78, 5) is 13.7. The predicted octanol–water partition coefficient (Wildman–Crippen LogP) is 1.81. The molecule has 0 saturated carbocycles. The molecule has 0 spiro atoms. The third-order valence-corrected chi connectivity index (χ3v) is 2.64. The molecule has 1 aromatic carbocycles. The zero-order chi connectivity index (χ0) is 10.7. The topological polar surface area (TPSA) is 29.5 Å². The third-order valence-electron chi connectivity index (χ3n) is 2.39. The first-order valence-electron chi connectivity index (χ1n) is 4.90. The van der Waals surface area contributed by atoms with Crippen LogP contribution in [0.4, 0.5) is 0 Å². The van der Waals surface area contributed by atoms with Crippen molar-refractivity contribution in [3.8, 4) is 0 Å². The standard InChI is InChI=1S/C11H12ClNO2/c12-10-3-1-9(2-4-10)11(14)13-5-7-15-8-6-13/h1-4H,5-8H2. The molecule has 0 aromatic heterocycles. The van der Waals surface area contributed by atoms with E-state index < -0.39 is 0 Å². The number of benzene rings is 1. The summed E-state index contributed by atoms with van der Waals surface area (Å²) in [7, 11) is 0. The maximum absolute atomic E-state index is 11.9. The quantitative estimate of drug-likeness (QED) is 0.730. The van der Waals surface area contributed by atoms with Crippen LogP contribution in [0, 0.1) is 0 Å². The molecule has 1 aliphatic rings. The zero-order valence-corrected chi connectivity index (χ0v) is 9.04. The van der Waals surface area contributed by atoms with Gasteiger partial charge in [0.2, 0.25) is 0 Å². The molecule has 1 amide bonds. The van der Waals surface area contributed by atoms with E-state index in [1.54, 1.807) is 29.2 Å². The van der Waals surface area contributed by atoms with Crippen molar-refractivity contribution >= 4 is 17.5 Å². The minimum atomic E-state index is 0.0509. The Morgan fingerprint density at radius 3 is 2.40 bits per heavy atom. The smallest absolute Gasteiger partial charge is 0.254 e. The number of hydrogen-bond donors (Lipinski definition) is 0. The average molecular weight is 226 g/mol. The van der Waals surface area contributed by atoms with Gasteiger partial charge in [0.05, 0.1) is 13.2 Å². The van der Waals surface area contributed by atoms with Gasteiger partial charge in [-0.15, -0.1) is 0 Å². The van der Waals surface area contributed by atoms with E-state index in [1.165, 1.54) is 0 Å². The second-order valence-electron chi connectivity index (χ2n) is 3.41. The minimum absolute atomic E-state index is 0.0509. The molecular formula is C11H12ClNO2. The summed E-state index contributed by atoms with van der Waals surface area (Å²) in [5.74, 6) is 0.0509. The number of carbonyl (C=O) groups excluding carboxylic acids is 1. The SMILES string of the molecule is O=C(c1ccc(Cl)cc1)N1CCOCC1. The molecule has 3 nitrogen and oxygen atoms in total. The molecule has 0 unspecified atom stereocenters. The Hall–Kier alpha value is -1.06. The Balaban J connectivity index is 2.09. The number of morpholine rings is 1. The van der Waals surface area contributed by atoms with Gasteiger partial charge in [0.1, 0.15) is 0 Å². The molecule has 0 atom stereocenters. The largest absolute Gasteiger partial charge is 0.378 e. The summed E-state index contributed by atoms with van der Waals surface area (Å²) in [6.07, 6.45) is 0. The van der Waals surface area contributed by atoms with Gasteiger partial charge in [-0.2, -0.15) is 0 Å². The van der Waals surface area contributed by atoms with Gasteiger partial charge in [-0.25, -0.2) is 0 Å². The van der Waals surface area contributed by atoms with Gasteiger partial charge >= 0.3 is 0 Å². The Labute approximate surface area is 93.6 Å². The molecule has 0 radical (unpaired) electrons. The van der Waals surface area contributed by atoms with E-state index >= 15 is 0 Å². The second-order valence-corrected chi connectivity index (χ2v) is 3.85. The number of amides is 1. The lowest BCUT2D eigenvalue weighted by Gasteiger charge is -2.26. The van der Waals surface area contributed by atoms with E-state index in [4.69, 9.17) is 16.3 Å². The maximum atomic E-state index is 11.9. The number of hydrogen-bond acceptors (Lipinski definition) is 2. The van der Waals surface area contributed by atoms with E-state index in [-0.39, 0.29) is 5.91 Å². The number of halogens is 1. The molecule has 15 heavy (non-hydrogen) atoms. The minimum Gasteiger partial charge on any atom is -0.378 e. The molecule has 1 aromatic rings. The number of nitrogens with zero attached hydrogens (tertiary/aromatic N) is 1. The van der Waals surface area contributed by atoms with Crippen LogP contribution < -0.4 is 0 Å². The van der Waals surface area contributed by atoms with Crippen molar-refractivity contribution in [3.63, 3.8) is 0 Å². The van der Waals surface area contributed by atoms with Gasteiger partial charge in [0.25, 0.3) is 5.91 Å². The van der Waals surface area contributed by atoms with Crippen LogP contribution in [0.25, 0.3) is 0 Å². The van der Waals surface area contributed by atoms with E-state index in [1.807, 2.05) is 0 Å².